The summed E-state index contributed by atoms with van der Waals surface area (Å²) in [5, 5.41) is 6.56. The predicted molar refractivity (Wildman–Crippen MR) is 65.9 cm³/mol. The van der Waals surface area contributed by atoms with Gasteiger partial charge in [0.25, 0.3) is 0 Å². The van der Waals surface area contributed by atoms with Crippen LogP contribution in [-0.4, -0.2) is 28.3 Å². The lowest BCUT2D eigenvalue weighted by molar-refractivity contribution is -0.122. The first kappa shape index (κ1) is 12.4. The fourth-order valence-electron chi connectivity index (χ4n) is 1.72. The fourth-order valence-corrected chi connectivity index (χ4v) is 2.15. The quantitative estimate of drug-likeness (QED) is 0.748. The van der Waals surface area contributed by atoms with E-state index >= 15 is 0 Å². The molecule has 0 spiro atoms. The summed E-state index contributed by atoms with van der Waals surface area (Å²) in [6.45, 7) is 2.32. The van der Waals surface area contributed by atoms with Gasteiger partial charge in [0, 0.05) is 19.4 Å². The molecule has 17 heavy (non-hydrogen) atoms. The van der Waals surface area contributed by atoms with Gasteiger partial charge in [0.1, 0.15) is 0 Å². The maximum absolute atomic E-state index is 11.6. The second-order valence-electron chi connectivity index (χ2n) is 4.67. The van der Waals surface area contributed by atoms with E-state index in [1.165, 1.54) is 0 Å². The lowest BCUT2D eigenvalue weighted by atomic mass is 10.1. The van der Waals surface area contributed by atoms with E-state index in [1.54, 1.807) is 6.92 Å². The maximum atomic E-state index is 11.6. The minimum Gasteiger partial charge on any atom is -0.356 e. The average molecular weight is 255 g/mol. The number of carbonyl (C=O) groups is 1. The third-order valence-electron chi connectivity index (χ3n) is 3.06. The van der Waals surface area contributed by atoms with Crippen molar-refractivity contribution < 1.29 is 9.32 Å². The van der Waals surface area contributed by atoms with Crippen molar-refractivity contribution in [3.63, 3.8) is 0 Å². The second kappa shape index (κ2) is 5.08. The molecule has 94 valence electrons. The van der Waals surface area contributed by atoms with Crippen LogP contribution >= 0.6 is 12.6 Å². The minimum absolute atomic E-state index is 0.0905. The van der Waals surface area contributed by atoms with Crippen molar-refractivity contribution in [2.45, 2.75) is 32.6 Å². The highest BCUT2D eigenvalue weighted by Crippen LogP contribution is 2.49. The SMILES string of the molecule is Cc1noc(CCNC(=O)CC2(CS)CC2)n1. The molecule has 1 aliphatic carbocycles. The van der Waals surface area contributed by atoms with Crippen molar-refractivity contribution in [2.24, 2.45) is 5.41 Å². The molecule has 0 aliphatic heterocycles. The second-order valence-corrected chi connectivity index (χ2v) is 4.99. The Labute approximate surface area is 106 Å². The number of hydrogen-bond donors (Lipinski definition) is 2. The molecule has 1 saturated carbocycles. The summed E-state index contributed by atoms with van der Waals surface area (Å²) in [5.41, 5.74) is 0.175. The van der Waals surface area contributed by atoms with E-state index in [-0.39, 0.29) is 11.3 Å². The van der Waals surface area contributed by atoms with E-state index < -0.39 is 0 Å². The molecule has 1 heterocycles. The number of nitrogens with zero attached hydrogens (tertiary/aromatic N) is 2. The van der Waals surface area contributed by atoms with Crippen LogP contribution in [-0.2, 0) is 11.2 Å². The number of rotatable bonds is 6. The van der Waals surface area contributed by atoms with Crippen LogP contribution in [0.25, 0.3) is 0 Å². The Kier molecular flexibility index (Phi) is 3.71. The molecule has 0 saturated heterocycles. The molecule has 0 atom stereocenters. The van der Waals surface area contributed by atoms with Gasteiger partial charge in [0.05, 0.1) is 0 Å². The first-order valence-corrected chi connectivity index (χ1v) is 6.44. The van der Waals surface area contributed by atoms with Crippen LogP contribution in [0.4, 0.5) is 0 Å². The lowest BCUT2D eigenvalue weighted by Crippen LogP contribution is -2.28. The highest BCUT2D eigenvalue weighted by Gasteiger charge is 2.42. The third-order valence-corrected chi connectivity index (χ3v) is 3.73. The lowest BCUT2D eigenvalue weighted by Gasteiger charge is -2.10. The zero-order chi connectivity index (χ0) is 12.3. The number of aromatic nitrogens is 2. The largest absolute Gasteiger partial charge is 0.356 e. The molecule has 5 nitrogen and oxygen atoms in total. The molecule has 0 aromatic carbocycles. The van der Waals surface area contributed by atoms with Gasteiger partial charge in [0.2, 0.25) is 11.8 Å². The van der Waals surface area contributed by atoms with E-state index in [1.807, 2.05) is 0 Å². The molecule has 1 N–H and O–H groups in total. The first-order chi connectivity index (χ1) is 8.13. The molecule has 1 aromatic heterocycles. The zero-order valence-corrected chi connectivity index (χ0v) is 10.8. The van der Waals surface area contributed by atoms with Gasteiger partial charge < -0.3 is 9.84 Å². The van der Waals surface area contributed by atoms with Gasteiger partial charge in [0.15, 0.2) is 5.82 Å². The van der Waals surface area contributed by atoms with Crippen LogP contribution in [0.3, 0.4) is 0 Å². The van der Waals surface area contributed by atoms with Gasteiger partial charge in [-0.05, 0) is 30.9 Å². The summed E-state index contributed by atoms with van der Waals surface area (Å²) < 4.78 is 4.96. The molecule has 1 amide bonds. The summed E-state index contributed by atoms with van der Waals surface area (Å²) in [5.74, 6) is 2.08. The van der Waals surface area contributed by atoms with Crippen LogP contribution < -0.4 is 5.32 Å². The molecule has 0 bridgehead atoms. The Morgan fingerprint density at radius 2 is 2.35 bits per heavy atom. The number of nitrogens with one attached hydrogen (secondary N) is 1. The van der Waals surface area contributed by atoms with Crippen LogP contribution in [0.1, 0.15) is 31.0 Å². The van der Waals surface area contributed by atoms with Gasteiger partial charge >= 0.3 is 0 Å². The Morgan fingerprint density at radius 1 is 1.59 bits per heavy atom. The smallest absolute Gasteiger partial charge is 0.228 e. The van der Waals surface area contributed by atoms with Crippen LogP contribution in [0.5, 0.6) is 0 Å². The summed E-state index contributed by atoms with van der Waals surface area (Å²) in [6, 6.07) is 0. The van der Waals surface area contributed by atoms with E-state index in [9.17, 15) is 4.79 Å². The maximum Gasteiger partial charge on any atom is 0.228 e. The topological polar surface area (TPSA) is 68.0 Å². The summed E-state index contributed by atoms with van der Waals surface area (Å²) in [7, 11) is 0. The predicted octanol–water partition coefficient (Wildman–Crippen LogP) is 1.14. The molecule has 0 radical (unpaired) electrons. The average Bonchev–Trinajstić information content (AvgIpc) is 2.95. The minimum atomic E-state index is 0.0905. The van der Waals surface area contributed by atoms with Crippen LogP contribution in [0, 0.1) is 12.3 Å². The highest BCUT2D eigenvalue weighted by atomic mass is 32.1. The van der Waals surface area contributed by atoms with Crippen molar-refractivity contribution >= 4 is 18.5 Å². The Morgan fingerprint density at radius 3 is 2.88 bits per heavy atom. The van der Waals surface area contributed by atoms with Gasteiger partial charge in [-0.3, -0.25) is 4.79 Å². The molecular weight excluding hydrogens is 238 g/mol. The highest BCUT2D eigenvalue weighted by molar-refractivity contribution is 7.80. The van der Waals surface area contributed by atoms with E-state index in [0.29, 0.717) is 31.1 Å². The molecule has 1 aliphatic rings. The van der Waals surface area contributed by atoms with E-state index in [4.69, 9.17) is 4.52 Å². The number of thiol groups is 1. The standard InChI is InChI=1S/C11H17N3O2S/c1-8-13-10(16-14-8)2-5-12-9(15)6-11(7-17)3-4-11/h17H,2-7H2,1H3,(H,12,15). The van der Waals surface area contributed by atoms with Gasteiger partial charge in [-0.25, -0.2) is 0 Å². The van der Waals surface area contributed by atoms with Crippen molar-refractivity contribution in [1.82, 2.24) is 15.5 Å². The van der Waals surface area contributed by atoms with Crippen molar-refractivity contribution in [3.8, 4) is 0 Å². The molecule has 2 rings (SSSR count). The Bertz CT molecular complexity index is 401. The van der Waals surface area contributed by atoms with Gasteiger partial charge in [-0.1, -0.05) is 5.16 Å². The van der Waals surface area contributed by atoms with Crippen molar-refractivity contribution in [3.05, 3.63) is 11.7 Å². The third kappa shape index (κ3) is 3.46. The fraction of sp³-hybridized carbons (Fsp3) is 0.727. The first-order valence-electron chi connectivity index (χ1n) is 5.80. The number of aryl methyl sites for hydroxylation is 1. The number of amides is 1. The molecular formula is C11H17N3O2S. The van der Waals surface area contributed by atoms with Gasteiger partial charge in [-0.2, -0.15) is 17.6 Å². The van der Waals surface area contributed by atoms with Crippen LogP contribution in [0.15, 0.2) is 4.52 Å². The summed E-state index contributed by atoms with van der Waals surface area (Å²) in [6.07, 6.45) is 3.40. The number of carbonyl (C=O) groups excluding carboxylic acids is 1. The normalized spacial score (nSPS) is 16.8. The van der Waals surface area contributed by atoms with Crippen molar-refractivity contribution in [2.75, 3.05) is 12.3 Å². The Hall–Kier alpha value is -1.04. The molecule has 1 aromatic rings. The van der Waals surface area contributed by atoms with Crippen molar-refractivity contribution in [1.29, 1.82) is 0 Å². The van der Waals surface area contributed by atoms with E-state index in [0.717, 1.165) is 18.6 Å². The summed E-state index contributed by atoms with van der Waals surface area (Å²) >= 11 is 4.28. The molecule has 6 heteroatoms. The Balaban J connectivity index is 1.66. The summed E-state index contributed by atoms with van der Waals surface area (Å²) in [4.78, 5) is 15.7. The molecule has 1 fully saturated rings. The monoisotopic (exact) mass is 255 g/mol. The van der Waals surface area contributed by atoms with E-state index in [2.05, 4.69) is 28.1 Å². The molecule has 0 unspecified atom stereocenters. The number of hydrogen-bond acceptors (Lipinski definition) is 5. The van der Waals surface area contributed by atoms with Gasteiger partial charge in [-0.15, -0.1) is 0 Å². The van der Waals surface area contributed by atoms with Crippen LogP contribution in [0.2, 0.25) is 0 Å². The zero-order valence-electron chi connectivity index (χ0n) is 9.90.